The molecule has 0 saturated carbocycles. The van der Waals surface area contributed by atoms with Crippen molar-refractivity contribution in [1.82, 2.24) is 0 Å². The second kappa shape index (κ2) is 48.2. The lowest BCUT2D eigenvalue weighted by Crippen LogP contribution is -2.80. The number of aliphatic carboxylic acids is 6. The van der Waals surface area contributed by atoms with E-state index in [-0.39, 0.29) is 30.5 Å². The molecule has 72 heavy (non-hydrogen) atoms. The van der Waals surface area contributed by atoms with Crippen molar-refractivity contribution >= 4 is 41.8 Å². The zero-order valence-corrected chi connectivity index (χ0v) is 45.4. The van der Waals surface area contributed by atoms with Crippen LogP contribution in [-0.2, 0) is 57.2 Å². The number of ether oxygens (including phenoxy) is 7. The van der Waals surface area contributed by atoms with Gasteiger partial charge in [0.2, 0.25) is 0 Å². The number of aromatic carboxylic acids is 1. The van der Waals surface area contributed by atoms with Gasteiger partial charge in [0.15, 0.2) is 0 Å². The van der Waals surface area contributed by atoms with E-state index in [1.54, 1.807) is 45.9 Å². The molecule has 0 aromatic heterocycles. The lowest BCUT2D eigenvalue weighted by Gasteiger charge is -2.37. The van der Waals surface area contributed by atoms with E-state index >= 15 is 0 Å². The first-order valence-electron chi connectivity index (χ1n) is 23.4. The smallest absolute Gasteiger partial charge is 0.128 e. The number of carbonyl (C=O) groups excluding carboxylic acids is 7. The van der Waals surface area contributed by atoms with Crippen LogP contribution in [0.3, 0.4) is 0 Å². The number of carboxylic acid groups (broad SMARTS) is 7. The molecule has 0 aliphatic heterocycles. The number of para-hydroxylation sites is 1. The fourth-order valence-electron chi connectivity index (χ4n) is 4.25. The van der Waals surface area contributed by atoms with Gasteiger partial charge in [0.05, 0.1) is 113 Å². The van der Waals surface area contributed by atoms with Crippen LogP contribution < -0.4 is 57.3 Å². The number of hydrogen-bond donors (Lipinski definition) is 3. The summed E-state index contributed by atoms with van der Waals surface area (Å²) in [5.41, 5.74) is 5.06. The number of likely N-dealkylation sites (N-methyl/N-ethyl adjacent to an activating group) is 1. The highest BCUT2D eigenvalue weighted by atomic mass is 16.5. The van der Waals surface area contributed by atoms with Crippen molar-refractivity contribution in [2.24, 2.45) is 0 Å². The average Bonchev–Trinajstić information content (AvgIpc) is 3.21. The van der Waals surface area contributed by atoms with Crippen LogP contribution in [0.4, 0.5) is 0 Å². The number of carbonyl (C=O) groups is 7. The Bertz CT molecular complexity index is 1550. The molecule has 0 aliphatic rings. The monoisotopic (exact) mass is 1040 g/mol. The average molecular weight is 1040 g/mol. The maximum Gasteiger partial charge on any atom is 0.128 e. The molecule has 424 valence electrons. The van der Waals surface area contributed by atoms with E-state index in [1.165, 1.54) is 19.9 Å². The summed E-state index contributed by atoms with van der Waals surface area (Å²) in [6.07, 6.45) is -4.34. The number of rotatable bonds is 28. The number of nitrogens with two attached hydrogens (primary N) is 1. The Morgan fingerprint density at radius 2 is 1.04 bits per heavy atom. The Balaban J connectivity index is -0.000000180. The molecule has 1 aromatic rings. The summed E-state index contributed by atoms with van der Waals surface area (Å²) in [5, 5.41) is 74.2. The summed E-state index contributed by atoms with van der Waals surface area (Å²) >= 11 is 0. The van der Waals surface area contributed by atoms with Gasteiger partial charge in [-0.2, -0.15) is 0 Å². The molecule has 0 bridgehead atoms. The fraction of sp³-hybridized carbons (Fsp3) is 0.729. The zero-order chi connectivity index (χ0) is 57.7. The van der Waals surface area contributed by atoms with Crippen LogP contribution in [0, 0.1) is 0 Å². The molecule has 24 heteroatoms. The summed E-state index contributed by atoms with van der Waals surface area (Å²) < 4.78 is 35.1. The Labute approximate surface area is 426 Å². The molecule has 2 atom stereocenters. The van der Waals surface area contributed by atoms with Gasteiger partial charge in [-0.1, -0.05) is 12.1 Å². The van der Waals surface area contributed by atoms with Gasteiger partial charge in [-0.3, -0.25) is 0 Å². The molecule has 2 unspecified atom stereocenters. The molecule has 0 aliphatic carbocycles. The van der Waals surface area contributed by atoms with E-state index in [0.29, 0.717) is 30.1 Å². The molecule has 0 fully saturated rings. The van der Waals surface area contributed by atoms with E-state index in [2.05, 4.69) is 35.4 Å². The first kappa shape index (κ1) is 78.4. The minimum atomic E-state index is -2.45. The Hall–Kier alpha value is -5.05. The highest BCUT2D eigenvalue weighted by molar-refractivity contribution is 5.89. The lowest BCUT2D eigenvalue weighted by molar-refractivity contribution is -0.628. The van der Waals surface area contributed by atoms with E-state index in [4.69, 9.17) is 28.4 Å². The summed E-state index contributed by atoms with van der Waals surface area (Å²) in [6, 6.07) is 6.86. The van der Waals surface area contributed by atoms with Gasteiger partial charge in [0.25, 0.3) is 0 Å². The molecule has 24 nitrogen and oxygen atoms in total. The van der Waals surface area contributed by atoms with Crippen molar-refractivity contribution in [3.63, 3.8) is 0 Å². The predicted molar refractivity (Wildman–Crippen MR) is 247 cm³/mol. The van der Waals surface area contributed by atoms with Crippen LogP contribution >= 0.6 is 0 Å². The fourth-order valence-corrected chi connectivity index (χ4v) is 4.25. The van der Waals surface area contributed by atoms with Crippen LogP contribution in [0.25, 0.3) is 0 Å². The third-order valence-corrected chi connectivity index (χ3v) is 6.92. The number of benzene rings is 1. The molecule has 1 rings (SSSR count). The van der Waals surface area contributed by atoms with Gasteiger partial charge in [0.1, 0.15) is 23.5 Å². The van der Waals surface area contributed by atoms with Crippen molar-refractivity contribution in [3.8, 4) is 5.75 Å². The second-order valence-corrected chi connectivity index (χ2v) is 17.2. The summed E-state index contributed by atoms with van der Waals surface area (Å²) in [6.45, 7) is 31.6. The lowest BCUT2D eigenvalue weighted by atomic mass is 9.95. The maximum absolute atomic E-state index is 10.8. The van der Waals surface area contributed by atoms with Crippen molar-refractivity contribution in [3.05, 3.63) is 29.8 Å². The van der Waals surface area contributed by atoms with Gasteiger partial charge in [-0.05, 0) is 116 Å². The van der Waals surface area contributed by atoms with Crippen molar-refractivity contribution in [2.75, 3.05) is 46.6 Å². The van der Waals surface area contributed by atoms with Gasteiger partial charge in [-0.15, -0.1) is 0 Å². The molecular formula is C48H87N3O21-4. The first-order chi connectivity index (χ1) is 33.0. The van der Waals surface area contributed by atoms with Crippen molar-refractivity contribution < 1.29 is 119 Å². The summed E-state index contributed by atoms with van der Waals surface area (Å²) in [4.78, 5) is 72.1. The molecule has 8 N–H and O–H groups in total. The van der Waals surface area contributed by atoms with Gasteiger partial charge in [-0.25, -0.2) is 0 Å². The Morgan fingerprint density at radius 3 is 1.31 bits per heavy atom. The summed E-state index contributed by atoms with van der Waals surface area (Å²) in [5.74, 6) is -10.4. The van der Waals surface area contributed by atoms with Gasteiger partial charge < -0.3 is 119 Å². The van der Waals surface area contributed by atoms with E-state index in [0.717, 1.165) is 32.9 Å². The van der Waals surface area contributed by atoms with Crippen LogP contribution in [0.2, 0.25) is 0 Å². The number of quaternary nitrogens is 3. The van der Waals surface area contributed by atoms with Crippen LogP contribution in [0.1, 0.15) is 133 Å². The molecular weight excluding hydrogens is 955 g/mol. The maximum atomic E-state index is 10.8. The van der Waals surface area contributed by atoms with Crippen LogP contribution in [0.5, 0.6) is 5.75 Å². The van der Waals surface area contributed by atoms with Crippen molar-refractivity contribution in [1.29, 1.82) is 0 Å². The standard InChI is InChI=1S/C10H12O3.C9H14O7.C7H12O5.2C6H15NO.C5H13NO.C5H10O3/c1-7(2)13-9-6-4-3-5-8(9)10(11)12;1-5(2)16-9(8(14)15,3-6(10)11)4-7(12)13;1-4(2)12-5(7(10)11)3-6(8)9;1-6(2)8-5-4-7-3;1-5(2)8-4-6(3)7;1-5(2)7-4-3-6;1-4(2)8-3-5(6)7/h3-7H,1-2H3,(H,11,12);5H,3-4H2,1-2H3,(H,10,11)(H,12,13)(H,14,15);4-5H,3H2,1-2H3,(H,8,9)(H,10,11);6-7H,4-5H2,1-3H3;5-6H,4,7H2,1-3H3;5H,3-4,6H2,1-2H3;4H,3H2,1-2H3,(H,6,7)/p-4. The normalized spacial score (nSPS) is 11.4. The molecule has 1 aromatic carbocycles. The van der Waals surface area contributed by atoms with E-state index in [1.807, 2.05) is 55.5 Å². The molecule has 0 spiro atoms. The Kier molecular flexibility index (Phi) is 52.5. The van der Waals surface area contributed by atoms with Gasteiger partial charge >= 0.3 is 0 Å². The minimum Gasteiger partial charge on any atom is -0.550 e. The predicted octanol–water partition coefficient (Wildman–Crippen LogP) is -6.85. The second-order valence-electron chi connectivity index (χ2n) is 17.2. The van der Waals surface area contributed by atoms with Crippen LogP contribution in [0.15, 0.2) is 24.3 Å². The molecule has 0 heterocycles. The first-order valence-corrected chi connectivity index (χ1v) is 23.4. The zero-order valence-electron chi connectivity index (χ0n) is 45.4. The highest BCUT2D eigenvalue weighted by Crippen LogP contribution is 2.22. The highest BCUT2D eigenvalue weighted by Gasteiger charge is 2.34. The van der Waals surface area contributed by atoms with Gasteiger partial charge in [0, 0.05) is 42.7 Å². The molecule has 0 amide bonds. The topological polar surface area (TPSA) is 417 Å². The minimum absolute atomic E-state index is 0.0344. The number of hydrogen-bond acceptors (Lipinski definition) is 21. The quantitative estimate of drug-likeness (QED) is 0.0657. The SMILES string of the molecule is CC(C)OC(CC(=O)[O-])(CC(=O)[O-])C(=O)[O-].CC(C)OC(CC(=O)[O-])C(=O)[O-].CC(C)OCC(=O)[O-].CC(C)OCC[NH3+].CC(C)Oc1ccccc1C(=O)[O-].CC([NH3+])COC(C)C.C[NH2+]CCOC(C)C. The Morgan fingerprint density at radius 1 is 0.583 bits per heavy atom. The summed E-state index contributed by atoms with van der Waals surface area (Å²) in [7, 11) is 2.05. The van der Waals surface area contributed by atoms with E-state index < -0.39 is 78.9 Å². The van der Waals surface area contributed by atoms with Crippen LogP contribution in [-0.4, -0.2) is 149 Å². The largest absolute Gasteiger partial charge is 0.550 e. The number of carboxylic acids is 7. The van der Waals surface area contributed by atoms with E-state index in [9.17, 15) is 69.3 Å². The molecule has 0 radical (unpaired) electrons. The molecule has 0 saturated heterocycles. The van der Waals surface area contributed by atoms with Crippen molar-refractivity contribution in [2.45, 2.75) is 184 Å². The third-order valence-electron chi connectivity index (χ3n) is 6.92. The third kappa shape index (κ3) is 61.1.